The van der Waals surface area contributed by atoms with E-state index < -0.39 is 36.0 Å². The maximum absolute atomic E-state index is 12.8. The van der Waals surface area contributed by atoms with Gasteiger partial charge < -0.3 is 24.9 Å². The number of amides is 2. The Kier molecular flexibility index (Phi) is 7.66. The van der Waals surface area contributed by atoms with Gasteiger partial charge in [0.2, 0.25) is 11.8 Å². The van der Waals surface area contributed by atoms with Crippen LogP contribution in [0.5, 0.6) is 5.75 Å². The number of hydrogen-bond acceptors (Lipinski definition) is 6. The van der Waals surface area contributed by atoms with Crippen LogP contribution in [0.2, 0.25) is 0 Å². The summed E-state index contributed by atoms with van der Waals surface area (Å²) in [7, 11) is 0. The Hall–Kier alpha value is -3.36. The number of aryl methyl sites for hydroxylation is 2. The minimum Gasteiger partial charge on any atom is -0.487 e. The lowest BCUT2D eigenvalue weighted by molar-refractivity contribution is -0.138. The number of carbonyl (C=O) groups excluding carboxylic acids is 2. The third-order valence-electron chi connectivity index (χ3n) is 7.39. The van der Waals surface area contributed by atoms with E-state index in [-0.39, 0.29) is 17.6 Å². The highest BCUT2D eigenvalue weighted by molar-refractivity contribution is 5.91. The number of carboxylic acids is 1. The van der Waals surface area contributed by atoms with E-state index in [0.717, 1.165) is 42.4 Å². The summed E-state index contributed by atoms with van der Waals surface area (Å²) in [5, 5.41) is 14.5. The van der Waals surface area contributed by atoms with Crippen molar-refractivity contribution < 1.29 is 28.6 Å². The van der Waals surface area contributed by atoms with Crippen molar-refractivity contribution >= 4 is 28.8 Å². The molecule has 1 aliphatic carbocycles. The molecule has 1 aromatic carbocycles. The molecule has 0 radical (unpaired) electrons. The maximum Gasteiger partial charge on any atom is 0.340 e. The minimum atomic E-state index is -1.17. The molecule has 1 atom stereocenters. The van der Waals surface area contributed by atoms with E-state index >= 15 is 0 Å². The Bertz CT molecular complexity index is 1230. The molecule has 4 rings (SSSR count). The highest BCUT2D eigenvalue weighted by Gasteiger charge is 2.37. The molecule has 1 aliphatic heterocycles. The first-order valence-electron chi connectivity index (χ1n) is 12.8. The fraction of sp³-hybridized carbons (Fsp3) is 0.556. The van der Waals surface area contributed by atoms with E-state index in [2.05, 4.69) is 10.6 Å². The second kappa shape index (κ2) is 10.7. The SMILES string of the molecule is CCC[C@@H](NC(=O)Cc1c(C)c2cc3c(cc2oc1=O)OC1(CCCCC1)CC3)C(=O)NCC(=O)O. The lowest BCUT2D eigenvalue weighted by atomic mass is 9.79. The number of carbonyl (C=O) groups is 3. The van der Waals surface area contributed by atoms with Crippen LogP contribution in [0.4, 0.5) is 0 Å². The van der Waals surface area contributed by atoms with E-state index in [9.17, 15) is 19.2 Å². The predicted molar refractivity (Wildman–Crippen MR) is 133 cm³/mol. The van der Waals surface area contributed by atoms with Gasteiger partial charge in [0.05, 0.1) is 12.0 Å². The molecule has 1 fully saturated rings. The number of nitrogens with one attached hydrogen (secondary N) is 2. The van der Waals surface area contributed by atoms with Gasteiger partial charge in [0.25, 0.3) is 0 Å². The van der Waals surface area contributed by atoms with Crippen molar-refractivity contribution in [3.05, 3.63) is 39.2 Å². The molecule has 1 saturated carbocycles. The largest absolute Gasteiger partial charge is 0.487 e. The van der Waals surface area contributed by atoms with Crippen LogP contribution < -0.4 is 21.0 Å². The molecular formula is C27H34N2O7. The summed E-state index contributed by atoms with van der Waals surface area (Å²) in [6.45, 7) is 3.12. The molecule has 2 aromatic rings. The second-order valence-electron chi connectivity index (χ2n) is 9.99. The molecule has 1 spiro atoms. The molecule has 3 N–H and O–H groups in total. The molecule has 1 aromatic heterocycles. The maximum atomic E-state index is 12.8. The standard InChI is InChI=1S/C27H34N2O7/c1-3-7-20(25(33)28-15-24(31)32)29-23(30)13-19-16(2)18-12-17-8-11-27(9-5-4-6-10-27)36-21(17)14-22(18)35-26(19)34/h12,14,20H,3-11,13,15H2,1-2H3,(H,28,33)(H,29,30)(H,31,32)/t20-/m1/s1. The summed E-state index contributed by atoms with van der Waals surface area (Å²) in [5.74, 6) is -1.47. The lowest BCUT2D eigenvalue weighted by Gasteiger charge is -2.41. The van der Waals surface area contributed by atoms with Crippen molar-refractivity contribution in [3.63, 3.8) is 0 Å². The Labute approximate surface area is 209 Å². The number of ether oxygens (including phenoxy) is 1. The summed E-state index contributed by atoms with van der Waals surface area (Å²) in [5.41, 5.74) is 1.70. The van der Waals surface area contributed by atoms with Gasteiger partial charge in [-0.3, -0.25) is 14.4 Å². The third-order valence-corrected chi connectivity index (χ3v) is 7.39. The van der Waals surface area contributed by atoms with Crippen LogP contribution >= 0.6 is 0 Å². The molecule has 9 heteroatoms. The molecule has 9 nitrogen and oxygen atoms in total. The van der Waals surface area contributed by atoms with E-state index in [1.165, 1.54) is 19.3 Å². The van der Waals surface area contributed by atoms with Crippen LogP contribution in [0.25, 0.3) is 11.0 Å². The van der Waals surface area contributed by atoms with Crippen molar-refractivity contribution in [3.8, 4) is 5.75 Å². The first kappa shape index (κ1) is 25.7. The van der Waals surface area contributed by atoms with Crippen molar-refractivity contribution in [1.82, 2.24) is 10.6 Å². The zero-order valence-corrected chi connectivity index (χ0v) is 20.9. The van der Waals surface area contributed by atoms with E-state index in [1.807, 2.05) is 19.1 Å². The number of rotatable bonds is 8. The number of fused-ring (bicyclic) bond motifs is 2. The van der Waals surface area contributed by atoms with Crippen molar-refractivity contribution in [2.45, 2.75) is 89.7 Å². The summed E-state index contributed by atoms with van der Waals surface area (Å²) in [6.07, 6.45) is 8.26. The monoisotopic (exact) mass is 498 g/mol. The first-order valence-corrected chi connectivity index (χ1v) is 12.8. The average Bonchev–Trinajstić information content (AvgIpc) is 2.84. The van der Waals surface area contributed by atoms with Crippen LogP contribution in [-0.4, -0.2) is 41.1 Å². The van der Waals surface area contributed by atoms with Crippen molar-refractivity contribution in [2.75, 3.05) is 6.54 Å². The van der Waals surface area contributed by atoms with Gasteiger partial charge in [-0.15, -0.1) is 0 Å². The fourth-order valence-corrected chi connectivity index (χ4v) is 5.40. The number of aliphatic carboxylic acids is 1. The van der Waals surface area contributed by atoms with Gasteiger partial charge in [-0.1, -0.05) is 19.8 Å². The average molecular weight is 499 g/mol. The van der Waals surface area contributed by atoms with Gasteiger partial charge in [0, 0.05) is 11.5 Å². The van der Waals surface area contributed by atoms with E-state index in [4.69, 9.17) is 14.3 Å². The Morgan fingerprint density at radius 2 is 1.89 bits per heavy atom. The third kappa shape index (κ3) is 5.55. The van der Waals surface area contributed by atoms with E-state index in [1.54, 1.807) is 6.92 Å². The van der Waals surface area contributed by atoms with Gasteiger partial charge in [-0.05, 0) is 69.1 Å². The molecular weight excluding hydrogens is 464 g/mol. The number of benzene rings is 1. The molecule has 2 heterocycles. The number of carboxylic acid groups (broad SMARTS) is 1. The topological polar surface area (TPSA) is 135 Å². The molecule has 0 bridgehead atoms. The second-order valence-corrected chi connectivity index (χ2v) is 9.99. The quantitative estimate of drug-likeness (QED) is 0.476. The van der Waals surface area contributed by atoms with Crippen LogP contribution in [0.3, 0.4) is 0 Å². The van der Waals surface area contributed by atoms with Crippen LogP contribution in [0, 0.1) is 6.92 Å². The van der Waals surface area contributed by atoms with Gasteiger partial charge in [0.15, 0.2) is 0 Å². The highest BCUT2D eigenvalue weighted by atomic mass is 16.5. The van der Waals surface area contributed by atoms with Gasteiger partial charge in [-0.2, -0.15) is 0 Å². The minimum absolute atomic E-state index is 0.113. The van der Waals surface area contributed by atoms with Gasteiger partial charge in [0.1, 0.15) is 29.5 Å². The summed E-state index contributed by atoms with van der Waals surface area (Å²) in [4.78, 5) is 48.7. The predicted octanol–water partition coefficient (Wildman–Crippen LogP) is 3.16. The zero-order valence-electron chi connectivity index (χ0n) is 20.9. The van der Waals surface area contributed by atoms with Gasteiger partial charge in [-0.25, -0.2) is 4.79 Å². The van der Waals surface area contributed by atoms with E-state index in [0.29, 0.717) is 24.0 Å². The summed E-state index contributed by atoms with van der Waals surface area (Å²) in [6, 6.07) is 2.92. The normalized spacial score (nSPS) is 17.2. The van der Waals surface area contributed by atoms with Crippen molar-refractivity contribution in [2.24, 2.45) is 0 Å². The van der Waals surface area contributed by atoms with Crippen molar-refractivity contribution in [1.29, 1.82) is 0 Å². The fourth-order valence-electron chi connectivity index (χ4n) is 5.40. The van der Waals surface area contributed by atoms with Crippen LogP contribution in [0.15, 0.2) is 21.3 Å². The molecule has 2 amide bonds. The Morgan fingerprint density at radius 1 is 1.14 bits per heavy atom. The lowest BCUT2D eigenvalue weighted by Crippen LogP contribution is -2.48. The smallest absolute Gasteiger partial charge is 0.340 e. The molecule has 0 unspecified atom stereocenters. The van der Waals surface area contributed by atoms with Crippen LogP contribution in [-0.2, 0) is 27.2 Å². The highest BCUT2D eigenvalue weighted by Crippen LogP contribution is 2.43. The van der Waals surface area contributed by atoms with Crippen LogP contribution in [0.1, 0.15) is 75.0 Å². The Balaban J connectivity index is 1.54. The molecule has 194 valence electrons. The summed E-state index contributed by atoms with van der Waals surface area (Å²) >= 11 is 0. The molecule has 36 heavy (non-hydrogen) atoms. The summed E-state index contributed by atoms with van der Waals surface area (Å²) < 4.78 is 12.1. The zero-order chi connectivity index (χ0) is 25.9. The molecule has 0 saturated heterocycles. The first-order chi connectivity index (χ1) is 17.2. The number of hydrogen-bond donors (Lipinski definition) is 3. The van der Waals surface area contributed by atoms with Gasteiger partial charge >= 0.3 is 11.6 Å². The Morgan fingerprint density at radius 3 is 2.58 bits per heavy atom. The molecule has 2 aliphatic rings.